The third-order valence-electron chi connectivity index (χ3n) is 2.81. The van der Waals surface area contributed by atoms with Gasteiger partial charge >= 0.3 is 0 Å². The molecule has 0 spiro atoms. The predicted molar refractivity (Wildman–Crippen MR) is 55.6 cm³/mol. The highest BCUT2D eigenvalue weighted by Crippen LogP contribution is 2.30. The lowest BCUT2D eigenvalue weighted by Crippen LogP contribution is -2.61. The van der Waals surface area contributed by atoms with Crippen LogP contribution in [0.25, 0.3) is 0 Å². The Bertz CT molecular complexity index is 177. The number of nitrogens with zero attached hydrogens (tertiary/aromatic N) is 1. The van der Waals surface area contributed by atoms with E-state index in [-0.39, 0.29) is 5.54 Å². The maximum absolute atomic E-state index is 5.33. The summed E-state index contributed by atoms with van der Waals surface area (Å²) in [5, 5.41) is 0. The highest BCUT2D eigenvalue weighted by molar-refractivity contribution is 5.01. The molecule has 1 rings (SSSR count). The summed E-state index contributed by atoms with van der Waals surface area (Å²) in [6, 6.07) is 0.556. The molecule has 1 aliphatic rings. The van der Waals surface area contributed by atoms with Gasteiger partial charge in [-0.25, -0.2) is 0 Å². The Balaban J connectivity index is 2.72. The van der Waals surface area contributed by atoms with Crippen molar-refractivity contribution < 1.29 is 4.74 Å². The summed E-state index contributed by atoms with van der Waals surface area (Å²) in [5.41, 5.74) is 0.278. The van der Waals surface area contributed by atoms with Crippen molar-refractivity contribution >= 4 is 0 Å². The van der Waals surface area contributed by atoms with E-state index in [0.717, 1.165) is 19.6 Å². The summed E-state index contributed by atoms with van der Waals surface area (Å²) in [4.78, 5) is 2.43. The largest absolute Gasteiger partial charge is 0.376 e. The van der Waals surface area contributed by atoms with Gasteiger partial charge in [0.05, 0.1) is 18.8 Å². The molecule has 0 aromatic rings. The molecule has 1 fully saturated rings. The zero-order valence-corrected chi connectivity index (χ0v) is 9.21. The molecule has 1 heterocycles. The van der Waals surface area contributed by atoms with E-state index in [9.17, 15) is 0 Å². The van der Waals surface area contributed by atoms with Gasteiger partial charge in [-0.2, -0.15) is 0 Å². The molecule has 0 aliphatic carbocycles. The van der Waals surface area contributed by atoms with Crippen LogP contribution >= 0.6 is 0 Å². The second kappa shape index (κ2) is 4.14. The van der Waals surface area contributed by atoms with E-state index in [1.54, 1.807) is 0 Å². The van der Waals surface area contributed by atoms with Crippen molar-refractivity contribution in [1.29, 1.82) is 0 Å². The van der Waals surface area contributed by atoms with Crippen molar-refractivity contribution in [3.8, 4) is 0 Å². The van der Waals surface area contributed by atoms with Gasteiger partial charge in [-0.1, -0.05) is 13.0 Å². The molecule has 0 aromatic heterocycles. The van der Waals surface area contributed by atoms with Gasteiger partial charge in [0, 0.05) is 6.04 Å². The molecule has 13 heavy (non-hydrogen) atoms. The average Bonchev–Trinajstić information content (AvgIpc) is 2.01. The third kappa shape index (κ3) is 1.88. The van der Waals surface area contributed by atoms with Gasteiger partial charge in [0.2, 0.25) is 0 Å². The normalized spacial score (nSPS) is 20.7. The fourth-order valence-corrected chi connectivity index (χ4v) is 1.91. The van der Waals surface area contributed by atoms with E-state index in [0.29, 0.717) is 6.04 Å². The van der Waals surface area contributed by atoms with Crippen LogP contribution in [0.1, 0.15) is 34.1 Å². The molecule has 0 aromatic carbocycles. The standard InChI is InChI=1S/C11H21NO/c1-5-7-12(10(3)4)11(6-2)8-13-9-11/h5,7,10H,6,8-9H2,1-4H3/b7-5-. The number of ether oxygens (including phenoxy) is 1. The topological polar surface area (TPSA) is 12.5 Å². The molecule has 0 amide bonds. The van der Waals surface area contributed by atoms with Gasteiger partial charge in [0.1, 0.15) is 0 Å². The Hall–Kier alpha value is -0.500. The Kier molecular flexibility index (Phi) is 3.37. The van der Waals surface area contributed by atoms with Gasteiger partial charge in [0.25, 0.3) is 0 Å². The van der Waals surface area contributed by atoms with Crippen LogP contribution in [-0.2, 0) is 4.74 Å². The van der Waals surface area contributed by atoms with Crippen LogP contribution in [0.3, 0.4) is 0 Å². The fourth-order valence-electron chi connectivity index (χ4n) is 1.91. The lowest BCUT2D eigenvalue weighted by atomic mass is 9.90. The maximum Gasteiger partial charge on any atom is 0.0862 e. The smallest absolute Gasteiger partial charge is 0.0862 e. The Morgan fingerprint density at radius 2 is 2.08 bits per heavy atom. The number of hydrogen-bond acceptors (Lipinski definition) is 2. The Morgan fingerprint density at radius 1 is 1.46 bits per heavy atom. The first-order valence-electron chi connectivity index (χ1n) is 5.15. The van der Waals surface area contributed by atoms with Crippen molar-refractivity contribution in [2.75, 3.05) is 13.2 Å². The molecule has 0 N–H and O–H groups in total. The molecular weight excluding hydrogens is 162 g/mol. The molecule has 0 radical (unpaired) electrons. The minimum Gasteiger partial charge on any atom is -0.376 e. The van der Waals surface area contributed by atoms with Gasteiger partial charge in [-0.15, -0.1) is 0 Å². The van der Waals surface area contributed by atoms with Crippen LogP contribution in [-0.4, -0.2) is 29.7 Å². The minimum absolute atomic E-state index is 0.278. The molecule has 2 heteroatoms. The molecule has 0 saturated carbocycles. The van der Waals surface area contributed by atoms with E-state index in [1.807, 2.05) is 0 Å². The molecule has 0 atom stereocenters. The zero-order chi connectivity index (χ0) is 9.90. The number of allylic oxidation sites excluding steroid dienone is 1. The molecule has 0 unspecified atom stereocenters. The van der Waals surface area contributed by atoms with Crippen LogP contribution in [0.2, 0.25) is 0 Å². The average molecular weight is 183 g/mol. The number of rotatable bonds is 4. The molecule has 1 aliphatic heterocycles. The fraction of sp³-hybridized carbons (Fsp3) is 0.818. The first kappa shape index (κ1) is 10.6. The quantitative estimate of drug-likeness (QED) is 0.663. The zero-order valence-electron chi connectivity index (χ0n) is 9.21. The summed E-state index contributed by atoms with van der Waals surface area (Å²) >= 11 is 0. The van der Waals surface area contributed by atoms with Crippen LogP contribution in [0.4, 0.5) is 0 Å². The van der Waals surface area contributed by atoms with E-state index < -0.39 is 0 Å². The van der Waals surface area contributed by atoms with E-state index in [4.69, 9.17) is 4.74 Å². The van der Waals surface area contributed by atoms with Crippen molar-refractivity contribution in [2.45, 2.75) is 45.7 Å². The molecule has 76 valence electrons. The summed E-state index contributed by atoms with van der Waals surface area (Å²) < 4.78 is 5.33. The lowest BCUT2D eigenvalue weighted by Gasteiger charge is -2.51. The van der Waals surface area contributed by atoms with Crippen molar-refractivity contribution in [2.24, 2.45) is 0 Å². The van der Waals surface area contributed by atoms with Crippen LogP contribution in [0.5, 0.6) is 0 Å². The van der Waals surface area contributed by atoms with Crippen molar-refractivity contribution in [3.63, 3.8) is 0 Å². The Morgan fingerprint density at radius 3 is 2.31 bits per heavy atom. The SMILES string of the molecule is C/C=C\N(C(C)C)C1(CC)COC1. The summed E-state index contributed by atoms with van der Waals surface area (Å²) in [5.74, 6) is 0. The first-order valence-corrected chi connectivity index (χ1v) is 5.15. The van der Waals surface area contributed by atoms with E-state index in [1.165, 1.54) is 0 Å². The second-order valence-electron chi connectivity index (χ2n) is 4.05. The minimum atomic E-state index is 0.278. The van der Waals surface area contributed by atoms with Crippen LogP contribution in [0.15, 0.2) is 12.3 Å². The van der Waals surface area contributed by atoms with Gasteiger partial charge in [0.15, 0.2) is 0 Å². The van der Waals surface area contributed by atoms with Gasteiger partial charge in [-0.05, 0) is 33.4 Å². The molecule has 2 nitrogen and oxygen atoms in total. The molecular formula is C11H21NO. The van der Waals surface area contributed by atoms with Gasteiger partial charge in [-0.3, -0.25) is 0 Å². The van der Waals surface area contributed by atoms with Crippen LogP contribution in [0, 0.1) is 0 Å². The third-order valence-corrected chi connectivity index (χ3v) is 2.81. The van der Waals surface area contributed by atoms with Crippen molar-refractivity contribution in [1.82, 2.24) is 4.90 Å². The predicted octanol–water partition coefficient (Wildman–Crippen LogP) is 2.41. The lowest BCUT2D eigenvalue weighted by molar-refractivity contribution is -0.134. The van der Waals surface area contributed by atoms with E-state index in [2.05, 4.69) is 44.9 Å². The van der Waals surface area contributed by atoms with Gasteiger partial charge < -0.3 is 9.64 Å². The second-order valence-corrected chi connectivity index (χ2v) is 4.05. The highest BCUT2D eigenvalue weighted by atomic mass is 16.5. The molecule has 1 saturated heterocycles. The first-order chi connectivity index (χ1) is 6.16. The maximum atomic E-state index is 5.33. The van der Waals surface area contributed by atoms with Crippen LogP contribution < -0.4 is 0 Å². The van der Waals surface area contributed by atoms with Crippen molar-refractivity contribution in [3.05, 3.63) is 12.3 Å². The number of hydrogen-bond donors (Lipinski definition) is 0. The monoisotopic (exact) mass is 183 g/mol. The summed E-state index contributed by atoms with van der Waals surface area (Å²) in [7, 11) is 0. The highest BCUT2D eigenvalue weighted by Gasteiger charge is 2.41. The van der Waals surface area contributed by atoms with E-state index >= 15 is 0 Å². The summed E-state index contributed by atoms with van der Waals surface area (Å²) in [6.45, 7) is 10.5. The molecule has 0 bridgehead atoms. The summed E-state index contributed by atoms with van der Waals surface area (Å²) in [6.07, 6.45) is 5.46. The Labute approximate surface area is 81.6 Å².